The normalized spacial score (nSPS) is 17.6. The number of piperidine rings is 1. The first-order valence-corrected chi connectivity index (χ1v) is 8.14. The molecule has 0 radical (unpaired) electrons. The monoisotopic (exact) mass is 279 g/mol. The maximum absolute atomic E-state index is 4.32. The molecule has 0 bridgehead atoms. The molecule has 1 aliphatic heterocycles. The number of hydrogen-bond donors (Lipinski definition) is 1. The van der Waals surface area contributed by atoms with Gasteiger partial charge in [0.05, 0.1) is 11.2 Å². The fourth-order valence-electron chi connectivity index (χ4n) is 2.40. The molecule has 2 rings (SSSR count). The summed E-state index contributed by atoms with van der Waals surface area (Å²) in [6.45, 7) is 8.96. The van der Waals surface area contributed by atoms with Gasteiger partial charge in [0.2, 0.25) is 0 Å². The Morgan fingerprint density at radius 1 is 1.47 bits per heavy atom. The van der Waals surface area contributed by atoms with Crippen molar-refractivity contribution >= 4 is 11.3 Å². The Labute approximate surface area is 120 Å². The fraction of sp³-hybridized carbons (Fsp3) is 0.667. The Morgan fingerprint density at radius 2 is 2.26 bits per heavy atom. The van der Waals surface area contributed by atoms with E-state index in [0.717, 1.165) is 19.5 Å². The summed E-state index contributed by atoms with van der Waals surface area (Å²) in [5, 5.41) is 5.81. The van der Waals surface area contributed by atoms with Gasteiger partial charge in [-0.25, -0.2) is 4.98 Å². The zero-order valence-electron chi connectivity index (χ0n) is 12.1. The average Bonchev–Trinajstić information content (AvgIpc) is 2.91. The van der Waals surface area contributed by atoms with Crippen molar-refractivity contribution in [2.24, 2.45) is 0 Å². The van der Waals surface area contributed by atoms with Crippen molar-refractivity contribution < 1.29 is 0 Å². The molecule has 0 unspecified atom stereocenters. The van der Waals surface area contributed by atoms with E-state index in [9.17, 15) is 0 Å². The van der Waals surface area contributed by atoms with Gasteiger partial charge in [0.15, 0.2) is 0 Å². The van der Waals surface area contributed by atoms with E-state index in [0.29, 0.717) is 6.04 Å². The van der Waals surface area contributed by atoms with Crippen LogP contribution >= 0.6 is 11.3 Å². The quantitative estimate of drug-likeness (QED) is 0.812. The summed E-state index contributed by atoms with van der Waals surface area (Å²) in [6, 6.07) is 0.696. The summed E-state index contributed by atoms with van der Waals surface area (Å²) >= 11 is 1.68. The summed E-state index contributed by atoms with van der Waals surface area (Å²) in [6.07, 6.45) is 5.93. The van der Waals surface area contributed by atoms with Crippen molar-refractivity contribution in [2.45, 2.75) is 39.2 Å². The molecule has 0 amide bonds. The Bertz CT molecular complexity index is 374. The minimum Gasteiger partial charge on any atom is -0.313 e. The van der Waals surface area contributed by atoms with E-state index in [1.165, 1.54) is 37.2 Å². The lowest BCUT2D eigenvalue weighted by molar-refractivity contribution is 0.215. The highest BCUT2D eigenvalue weighted by Crippen LogP contribution is 2.11. The molecule has 4 heteroatoms. The van der Waals surface area contributed by atoms with E-state index in [-0.39, 0.29) is 0 Å². The van der Waals surface area contributed by atoms with Crippen molar-refractivity contribution in [3.05, 3.63) is 28.2 Å². The van der Waals surface area contributed by atoms with Crippen LogP contribution in [-0.4, -0.2) is 42.1 Å². The zero-order valence-corrected chi connectivity index (χ0v) is 12.9. The van der Waals surface area contributed by atoms with E-state index in [1.54, 1.807) is 11.3 Å². The van der Waals surface area contributed by atoms with Gasteiger partial charge in [-0.05, 0) is 39.8 Å². The van der Waals surface area contributed by atoms with Gasteiger partial charge in [-0.3, -0.25) is 4.90 Å². The SMILES string of the molecule is CC(C)=CCN1CCC(NCCc2cscn2)CC1. The Balaban J connectivity index is 1.59. The van der Waals surface area contributed by atoms with Gasteiger partial charge >= 0.3 is 0 Å². The highest BCUT2D eigenvalue weighted by Gasteiger charge is 2.17. The molecule has 1 aromatic rings. The zero-order chi connectivity index (χ0) is 13.5. The predicted molar refractivity (Wildman–Crippen MR) is 82.7 cm³/mol. The lowest BCUT2D eigenvalue weighted by atomic mass is 10.0. The van der Waals surface area contributed by atoms with Crippen molar-refractivity contribution in [2.75, 3.05) is 26.2 Å². The number of nitrogens with one attached hydrogen (secondary N) is 1. The van der Waals surface area contributed by atoms with Crippen LogP contribution in [0, 0.1) is 0 Å². The van der Waals surface area contributed by atoms with Crippen LogP contribution < -0.4 is 5.32 Å². The summed E-state index contributed by atoms with van der Waals surface area (Å²) in [5.41, 5.74) is 4.55. The topological polar surface area (TPSA) is 28.2 Å². The predicted octanol–water partition coefficient (Wildman–Crippen LogP) is 2.71. The number of rotatable bonds is 6. The summed E-state index contributed by atoms with van der Waals surface area (Å²) < 4.78 is 0. The highest BCUT2D eigenvalue weighted by molar-refractivity contribution is 7.07. The van der Waals surface area contributed by atoms with Crippen LogP contribution in [0.2, 0.25) is 0 Å². The first kappa shape index (κ1) is 14.7. The van der Waals surface area contributed by atoms with Crippen molar-refractivity contribution in [1.82, 2.24) is 15.2 Å². The molecule has 0 atom stereocenters. The van der Waals surface area contributed by atoms with E-state index < -0.39 is 0 Å². The van der Waals surface area contributed by atoms with E-state index in [4.69, 9.17) is 0 Å². The molecule has 106 valence electrons. The van der Waals surface area contributed by atoms with Crippen LogP contribution in [0.1, 0.15) is 32.4 Å². The molecule has 1 fully saturated rings. The van der Waals surface area contributed by atoms with Crippen LogP contribution in [0.15, 0.2) is 22.5 Å². The molecule has 0 saturated carbocycles. The van der Waals surface area contributed by atoms with E-state index in [2.05, 4.69) is 40.5 Å². The second-order valence-electron chi connectivity index (χ2n) is 5.54. The molecule has 0 spiro atoms. The molecule has 0 aliphatic carbocycles. The van der Waals surface area contributed by atoms with E-state index >= 15 is 0 Å². The standard InChI is InChI=1S/C15H25N3S/c1-13(2)4-8-18-9-5-14(6-10-18)16-7-3-15-11-19-12-17-15/h4,11-12,14,16H,3,5-10H2,1-2H3. The van der Waals surface area contributed by atoms with Gasteiger partial charge in [0, 0.05) is 30.9 Å². The second-order valence-corrected chi connectivity index (χ2v) is 6.26. The number of thiazole rings is 1. The smallest absolute Gasteiger partial charge is 0.0794 e. The van der Waals surface area contributed by atoms with Crippen LogP contribution in [0.25, 0.3) is 0 Å². The van der Waals surface area contributed by atoms with Gasteiger partial charge in [-0.15, -0.1) is 11.3 Å². The molecular formula is C15H25N3S. The molecule has 1 aliphatic rings. The van der Waals surface area contributed by atoms with Crippen molar-refractivity contribution in [3.63, 3.8) is 0 Å². The third-order valence-electron chi connectivity index (χ3n) is 3.64. The third kappa shape index (κ3) is 5.43. The lowest BCUT2D eigenvalue weighted by Gasteiger charge is -2.31. The lowest BCUT2D eigenvalue weighted by Crippen LogP contribution is -2.43. The van der Waals surface area contributed by atoms with Crippen LogP contribution in [0.4, 0.5) is 0 Å². The maximum atomic E-state index is 4.32. The van der Waals surface area contributed by atoms with Gasteiger partial charge in [0.1, 0.15) is 0 Å². The molecular weight excluding hydrogens is 254 g/mol. The number of likely N-dealkylation sites (tertiary alicyclic amines) is 1. The van der Waals surface area contributed by atoms with Crippen molar-refractivity contribution in [1.29, 1.82) is 0 Å². The summed E-state index contributed by atoms with van der Waals surface area (Å²) in [5.74, 6) is 0. The Hall–Kier alpha value is -0.710. The second kappa shape index (κ2) is 7.78. The average molecular weight is 279 g/mol. The van der Waals surface area contributed by atoms with Gasteiger partial charge in [-0.1, -0.05) is 11.6 Å². The first-order valence-electron chi connectivity index (χ1n) is 7.20. The minimum absolute atomic E-state index is 0.696. The highest BCUT2D eigenvalue weighted by atomic mass is 32.1. The molecule has 2 heterocycles. The number of allylic oxidation sites excluding steroid dienone is 1. The molecule has 0 aromatic carbocycles. The van der Waals surface area contributed by atoms with Crippen LogP contribution in [-0.2, 0) is 6.42 Å². The number of nitrogens with zero attached hydrogens (tertiary/aromatic N) is 2. The first-order chi connectivity index (χ1) is 9.24. The number of aromatic nitrogens is 1. The largest absolute Gasteiger partial charge is 0.313 e. The molecule has 1 aromatic heterocycles. The fourth-order valence-corrected chi connectivity index (χ4v) is 2.99. The minimum atomic E-state index is 0.696. The summed E-state index contributed by atoms with van der Waals surface area (Å²) in [4.78, 5) is 6.86. The van der Waals surface area contributed by atoms with Crippen molar-refractivity contribution in [3.8, 4) is 0 Å². The summed E-state index contributed by atoms with van der Waals surface area (Å²) in [7, 11) is 0. The molecule has 1 N–H and O–H groups in total. The van der Waals surface area contributed by atoms with Gasteiger partial charge in [0.25, 0.3) is 0 Å². The van der Waals surface area contributed by atoms with Crippen LogP contribution in [0.5, 0.6) is 0 Å². The molecule has 1 saturated heterocycles. The third-order valence-corrected chi connectivity index (χ3v) is 4.28. The van der Waals surface area contributed by atoms with Gasteiger partial charge < -0.3 is 5.32 Å². The van der Waals surface area contributed by atoms with Crippen LogP contribution in [0.3, 0.4) is 0 Å². The molecule has 19 heavy (non-hydrogen) atoms. The Kier molecular flexibility index (Phi) is 6.01. The van der Waals surface area contributed by atoms with E-state index in [1.807, 2.05) is 5.51 Å². The maximum Gasteiger partial charge on any atom is 0.0794 e. The number of hydrogen-bond acceptors (Lipinski definition) is 4. The Morgan fingerprint density at radius 3 is 2.89 bits per heavy atom. The van der Waals surface area contributed by atoms with Gasteiger partial charge in [-0.2, -0.15) is 0 Å². The molecule has 3 nitrogen and oxygen atoms in total.